The van der Waals surface area contributed by atoms with E-state index in [1.807, 2.05) is 26.8 Å². The molecule has 1 saturated heterocycles. The molecule has 1 aromatic carbocycles. The van der Waals surface area contributed by atoms with Crippen LogP contribution < -0.4 is 15.0 Å². The fourth-order valence-corrected chi connectivity index (χ4v) is 3.14. The summed E-state index contributed by atoms with van der Waals surface area (Å²) in [4.78, 5) is 30.5. The Morgan fingerprint density at radius 1 is 1.10 bits per heavy atom. The molecule has 0 spiro atoms. The van der Waals surface area contributed by atoms with Gasteiger partial charge >= 0.3 is 12.4 Å². The maximum absolute atomic E-state index is 12.9. The third-order valence-electron chi connectivity index (χ3n) is 4.72. The smallest absolute Gasteiger partial charge is 0.406 e. The molecule has 154 valence electrons. The van der Waals surface area contributed by atoms with Gasteiger partial charge in [0.05, 0.1) is 5.69 Å². The van der Waals surface area contributed by atoms with Crippen molar-refractivity contribution in [2.24, 2.45) is 0 Å². The van der Waals surface area contributed by atoms with Gasteiger partial charge in [-0.2, -0.15) is 0 Å². The highest BCUT2D eigenvalue weighted by atomic mass is 19.4. The fraction of sp³-hybridized carbons (Fsp3) is 0.350. The summed E-state index contributed by atoms with van der Waals surface area (Å²) in [5.41, 5.74) is 1.90. The molecule has 3 amide bonds. The quantitative estimate of drug-likeness (QED) is 0.749. The van der Waals surface area contributed by atoms with Crippen LogP contribution in [-0.4, -0.2) is 29.3 Å². The molecule has 0 radical (unpaired) electrons. The number of aromatic nitrogens is 1. The van der Waals surface area contributed by atoms with Crippen LogP contribution in [0.2, 0.25) is 0 Å². The number of pyridine rings is 1. The number of ether oxygens (including phenoxy) is 1. The third-order valence-corrected chi connectivity index (χ3v) is 4.72. The molecule has 2 atom stereocenters. The predicted molar refractivity (Wildman–Crippen MR) is 99.7 cm³/mol. The van der Waals surface area contributed by atoms with Crippen molar-refractivity contribution in [3.05, 3.63) is 53.9 Å². The zero-order valence-corrected chi connectivity index (χ0v) is 16.0. The van der Waals surface area contributed by atoms with Crippen molar-refractivity contribution >= 4 is 17.6 Å². The molecule has 2 heterocycles. The van der Waals surface area contributed by atoms with Gasteiger partial charge in [0.2, 0.25) is 0 Å². The van der Waals surface area contributed by atoms with E-state index in [0.29, 0.717) is 0 Å². The minimum absolute atomic E-state index is 0.161. The largest absolute Gasteiger partial charge is 0.573 e. The summed E-state index contributed by atoms with van der Waals surface area (Å²) in [6.07, 6.45) is -3.15. The maximum Gasteiger partial charge on any atom is 0.573 e. The van der Waals surface area contributed by atoms with Crippen LogP contribution in [0, 0.1) is 0 Å². The van der Waals surface area contributed by atoms with Crippen LogP contribution >= 0.6 is 0 Å². The molecule has 1 N–H and O–H groups in total. The van der Waals surface area contributed by atoms with E-state index >= 15 is 0 Å². The Bertz CT molecular complexity index is 913. The minimum Gasteiger partial charge on any atom is -0.406 e. The molecule has 0 saturated carbocycles. The van der Waals surface area contributed by atoms with E-state index < -0.39 is 30.1 Å². The standard InChI is InChI=1S/C20H20F3N3O3/c1-11(2)16-10-13(8-9-24-16)12(3)17-18(27)26(19(28)25-17)14-4-6-15(7-5-14)29-20(21,22)23/h4-12,17H,1-3H3,(H,25,28). The van der Waals surface area contributed by atoms with E-state index in [1.54, 1.807) is 12.3 Å². The molecule has 1 aliphatic heterocycles. The van der Waals surface area contributed by atoms with E-state index in [2.05, 4.69) is 15.0 Å². The number of rotatable bonds is 5. The minimum atomic E-state index is -4.82. The average molecular weight is 407 g/mol. The number of anilines is 1. The van der Waals surface area contributed by atoms with E-state index in [9.17, 15) is 22.8 Å². The molecule has 9 heteroatoms. The van der Waals surface area contributed by atoms with E-state index in [-0.39, 0.29) is 17.5 Å². The number of imide groups is 1. The number of nitrogens with zero attached hydrogens (tertiary/aromatic N) is 2. The van der Waals surface area contributed by atoms with Gasteiger partial charge in [-0.25, -0.2) is 9.69 Å². The van der Waals surface area contributed by atoms with E-state index in [1.165, 1.54) is 12.1 Å². The zero-order chi connectivity index (χ0) is 21.3. The van der Waals surface area contributed by atoms with Crippen LogP contribution in [-0.2, 0) is 4.79 Å². The first kappa shape index (κ1) is 20.6. The van der Waals surface area contributed by atoms with Crippen molar-refractivity contribution in [3.8, 4) is 5.75 Å². The van der Waals surface area contributed by atoms with Crippen molar-refractivity contribution in [1.29, 1.82) is 0 Å². The summed E-state index contributed by atoms with van der Waals surface area (Å²) in [6.45, 7) is 5.84. The molecule has 1 aliphatic rings. The molecule has 2 aromatic rings. The van der Waals surface area contributed by atoms with E-state index in [0.717, 1.165) is 28.3 Å². The molecule has 0 aliphatic carbocycles. The van der Waals surface area contributed by atoms with Crippen LogP contribution in [0.25, 0.3) is 0 Å². The number of carbonyl (C=O) groups excluding carboxylic acids is 2. The van der Waals surface area contributed by atoms with Gasteiger partial charge in [0.1, 0.15) is 11.8 Å². The summed E-state index contributed by atoms with van der Waals surface area (Å²) in [5.74, 6) is -1.01. The summed E-state index contributed by atoms with van der Waals surface area (Å²) < 4.78 is 40.7. The summed E-state index contributed by atoms with van der Waals surface area (Å²) in [6, 6.07) is 6.84. The van der Waals surface area contributed by atoms with Gasteiger partial charge in [0.15, 0.2) is 0 Å². The Labute approximate surface area is 165 Å². The summed E-state index contributed by atoms with van der Waals surface area (Å²) in [5, 5.41) is 2.66. The monoisotopic (exact) mass is 407 g/mol. The number of urea groups is 1. The number of hydrogen-bond donors (Lipinski definition) is 1. The molecule has 1 fully saturated rings. The van der Waals surface area contributed by atoms with E-state index in [4.69, 9.17) is 0 Å². The summed E-state index contributed by atoms with van der Waals surface area (Å²) in [7, 11) is 0. The normalized spacial score (nSPS) is 18.2. The van der Waals surface area contributed by atoms with Crippen LogP contribution in [0.3, 0.4) is 0 Å². The number of benzene rings is 1. The summed E-state index contributed by atoms with van der Waals surface area (Å²) >= 11 is 0. The second-order valence-corrected chi connectivity index (χ2v) is 7.10. The number of carbonyl (C=O) groups is 2. The highest BCUT2D eigenvalue weighted by molar-refractivity contribution is 6.21. The maximum atomic E-state index is 12.9. The molecular weight excluding hydrogens is 387 g/mol. The van der Waals surface area contributed by atoms with Gasteiger partial charge in [-0.3, -0.25) is 9.78 Å². The Morgan fingerprint density at radius 2 is 1.76 bits per heavy atom. The lowest BCUT2D eigenvalue weighted by Gasteiger charge is -2.19. The topological polar surface area (TPSA) is 71.5 Å². The second kappa shape index (κ2) is 7.73. The fourth-order valence-electron chi connectivity index (χ4n) is 3.14. The average Bonchev–Trinajstić information content (AvgIpc) is 2.95. The SMILES string of the molecule is CC(C)c1cc(C(C)C2NC(=O)N(c3ccc(OC(F)(F)F)cc3)C2=O)ccn1. The highest BCUT2D eigenvalue weighted by Gasteiger charge is 2.42. The van der Waals surface area contributed by atoms with Crippen LogP contribution in [0.4, 0.5) is 23.7 Å². The predicted octanol–water partition coefficient (Wildman–Crippen LogP) is 4.33. The van der Waals surface area contributed by atoms with Gasteiger partial charge in [-0.1, -0.05) is 20.8 Å². The Hall–Kier alpha value is -3.10. The van der Waals surface area contributed by atoms with Crippen LogP contribution in [0.1, 0.15) is 43.9 Å². The van der Waals surface area contributed by atoms with Crippen molar-refractivity contribution in [2.75, 3.05) is 4.90 Å². The molecule has 3 rings (SSSR count). The van der Waals surface area contributed by atoms with Crippen LogP contribution in [0.15, 0.2) is 42.6 Å². The molecule has 2 unspecified atom stereocenters. The first-order valence-corrected chi connectivity index (χ1v) is 9.03. The third kappa shape index (κ3) is 4.49. The number of halogens is 3. The number of hydrogen-bond acceptors (Lipinski definition) is 4. The van der Waals surface area contributed by atoms with Crippen molar-refractivity contribution in [3.63, 3.8) is 0 Å². The number of nitrogens with one attached hydrogen (secondary N) is 1. The lowest BCUT2D eigenvalue weighted by Crippen LogP contribution is -2.35. The Kier molecular flexibility index (Phi) is 5.50. The van der Waals surface area contributed by atoms with Crippen LogP contribution in [0.5, 0.6) is 5.75 Å². The first-order chi connectivity index (χ1) is 13.6. The molecule has 1 aromatic heterocycles. The first-order valence-electron chi connectivity index (χ1n) is 9.03. The molecule has 29 heavy (non-hydrogen) atoms. The van der Waals surface area contributed by atoms with Crippen molar-refractivity contribution < 1.29 is 27.5 Å². The van der Waals surface area contributed by atoms with Crippen molar-refractivity contribution in [1.82, 2.24) is 10.3 Å². The number of alkyl halides is 3. The number of amides is 3. The van der Waals surface area contributed by atoms with Gasteiger partial charge in [-0.05, 0) is 47.9 Å². The molecule has 0 bridgehead atoms. The van der Waals surface area contributed by atoms with Gasteiger partial charge in [-0.15, -0.1) is 13.2 Å². The molecular formula is C20H20F3N3O3. The van der Waals surface area contributed by atoms with Gasteiger partial charge < -0.3 is 10.1 Å². The van der Waals surface area contributed by atoms with Gasteiger partial charge in [0.25, 0.3) is 5.91 Å². The van der Waals surface area contributed by atoms with Gasteiger partial charge in [0, 0.05) is 17.8 Å². The zero-order valence-electron chi connectivity index (χ0n) is 16.0. The Morgan fingerprint density at radius 3 is 2.34 bits per heavy atom. The van der Waals surface area contributed by atoms with Crippen molar-refractivity contribution in [2.45, 2.75) is 45.0 Å². The Balaban J connectivity index is 1.80. The highest BCUT2D eigenvalue weighted by Crippen LogP contribution is 2.30. The second-order valence-electron chi connectivity index (χ2n) is 7.10. The lowest BCUT2D eigenvalue weighted by atomic mass is 9.92. The lowest BCUT2D eigenvalue weighted by molar-refractivity contribution is -0.274. The molecule has 6 nitrogen and oxygen atoms in total.